The fourth-order valence-corrected chi connectivity index (χ4v) is 1.12. The molecule has 6 heteroatoms. The third-order valence-corrected chi connectivity index (χ3v) is 2.16. The van der Waals surface area contributed by atoms with Crippen molar-refractivity contribution >= 4 is 11.9 Å². The standard InChI is InChI=1S/C11H12O6/c1-6(10(13)14)17-5-8-4-7(11(15)16)2-3-9(8)12/h2-4,6,12H,5H2,1H3,(H,13,14)(H,15,16). The van der Waals surface area contributed by atoms with Crippen molar-refractivity contribution in [1.82, 2.24) is 0 Å². The zero-order chi connectivity index (χ0) is 13.0. The average molecular weight is 240 g/mol. The van der Waals surface area contributed by atoms with Crippen molar-refractivity contribution < 1.29 is 29.6 Å². The Balaban J connectivity index is 2.79. The predicted octanol–water partition coefficient (Wildman–Crippen LogP) is 1.08. The maximum atomic E-state index is 10.7. The Morgan fingerprint density at radius 1 is 1.35 bits per heavy atom. The van der Waals surface area contributed by atoms with E-state index in [1.165, 1.54) is 25.1 Å². The van der Waals surface area contributed by atoms with Crippen LogP contribution in [-0.4, -0.2) is 33.4 Å². The number of carboxylic acids is 2. The molecule has 17 heavy (non-hydrogen) atoms. The minimum atomic E-state index is -1.13. The van der Waals surface area contributed by atoms with Crippen LogP contribution in [0.25, 0.3) is 0 Å². The number of aromatic hydroxyl groups is 1. The van der Waals surface area contributed by atoms with E-state index in [1.54, 1.807) is 0 Å². The molecule has 92 valence electrons. The minimum Gasteiger partial charge on any atom is -0.508 e. The van der Waals surface area contributed by atoms with Gasteiger partial charge in [0.15, 0.2) is 6.10 Å². The summed E-state index contributed by atoms with van der Waals surface area (Å²) >= 11 is 0. The van der Waals surface area contributed by atoms with Crippen LogP contribution in [0.2, 0.25) is 0 Å². The summed E-state index contributed by atoms with van der Waals surface area (Å²) in [4.78, 5) is 21.2. The topological polar surface area (TPSA) is 104 Å². The number of phenols is 1. The third-order valence-electron chi connectivity index (χ3n) is 2.16. The lowest BCUT2D eigenvalue weighted by molar-refractivity contribution is -0.149. The number of carbonyl (C=O) groups is 2. The molecule has 0 heterocycles. The van der Waals surface area contributed by atoms with Gasteiger partial charge in [0.05, 0.1) is 12.2 Å². The number of carboxylic acid groups (broad SMARTS) is 2. The number of phenolic OH excluding ortho intramolecular Hbond substituents is 1. The van der Waals surface area contributed by atoms with E-state index < -0.39 is 18.0 Å². The van der Waals surface area contributed by atoms with Crippen molar-refractivity contribution in [2.45, 2.75) is 19.6 Å². The Labute approximate surface area is 97.1 Å². The summed E-state index contributed by atoms with van der Waals surface area (Å²) in [7, 11) is 0. The normalized spacial score (nSPS) is 12.1. The summed E-state index contributed by atoms with van der Waals surface area (Å²) in [6, 6.07) is 3.72. The van der Waals surface area contributed by atoms with E-state index in [-0.39, 0.29) is 23.5 Å². The van der Waals surface area contributed by atoms with Gasteiger partial charge in [-0.2, -0.15) is 0 Å². The number of aliphatic carboxylic acids is 1. The lowest BCUT2D eigenvalue weighted by atomic mass is 10.1. The Morgan fingerprint density at radius 2 is 2.00 bits per heavy atom. The van der Waals surface area contributed by atoms with Gasteiger partial charge in [-0.1, -0.05) is 0 Å². The van der Waals surface area contributed by atoms with Crippen LogP contribution in [0.3, 0.4) is 0 Å². The molecular formula is C11H12O6. The molecule has 0 spiro atoms. The summed E-state index contributed by atoms with van der Waals surface area (Å²) in [5.41, 5.74) is 0.238. The summed E-state index contributed by atoms with van der Waals surface area (Å²) in [6.45, 7) is 1.18. The molecule has 0 bridgehead atoms. The molecule has 6 nitrogen and oxygen atoms in total. The predicted molar refractivity (Wildman–Crippen MR) is 57.0 cm³/mol. The summed E-state index contributed by atoms with van der Waals surface area (Å²) in [5, 5.41) is 26.8. The van der Waals surface area contributed by atoms with Crippen LogP contribution in [0.15, 0.2) is 18.2 Å². The lowest BCUT2D eigenvalue weighted by Gasteiger charge is -2.10. The Kier molecular flexibility index (Phi) is 4.06. The monoisotopic (exact) mass is 240 g/mol. The van der Waals surface area contributed by atoms with Gasteiger partial charge >= 0.3 is 11.9 Å². The smallest absolute Gasteiger partial charge is 0.335 e. The quantitative estimate of drug-likeness (QED) is 0.711. The molecule has 0 saturated heterocycles. The van der Waals surface area contributed by atoms with E-state index in [9.17, 15) is 14.7 Å². The molecule has 1 aromatic rings. The maximum Gasteiger partial charge on any atom is 0.335 e. The van der Waals surface area contributed by atoms with Crippen molar-refractivity contribution in [3.8, 4) is 5.75 Å². The fraction of sp³-hybridized carbons (Fsp3) is 0.273. The Hall–Kier alpha value is -2.08. The van der Waals surface area contributed by atoms with E-state index in [4.69, 9.17) is 14.9 Å². The first-order valence-electron chi connectivity index (χ1n) is 4.81. The van der Waals surface area contributed by atoms with Crippen LogP contribution in [-0.2, 0) is 16.1 Å². The second kappa shape index (κ2) is 5.31. The summed E-state index contributed by atoms with van der Waals surface area (Å²) < 4.78 is 4.95. The zero-order valence-corrected chi connectivity index (χ0v) is 9.08. The number of benzene rings is 1. The van der Waals surface area contributed by atoms with Crippen molar-refractivity contribution in [3.63, 3.8) is 0 Å². The molecule has 0 saturated carbocycles. The molecule has 1 atom stereocenters. The average Bonchev–Trinajstić information content (AvgIpc) is 2.26. The first-order valence-corrected chi connectivity index (χ1v) is 4.81. The van der Waals surface area contributed by atoms with E-state index in [1.807, 2.05) is 0 Å². The van der Waals surface area contributed by atoms with Gasteiger partial charge in [-0.3, -0.25) is 0 Å². The molecule has 1 rings (SSSR count). The zero-order valence-electron chi connectivity index (χ0n) is 9.08. The van der Waals surface area contributed by atoms with Crippen LogP contribution in [0, 0.1) is 0 Å². The highest BCUT2D eigenvalue weighted by Gasteiger charge is 2.13. The van der Waals surface area contributed by atoms with Crippen molar-refractivity contribution in [3.05, 3.63) is 29.3 Å². The number of rotatable bonds is 5. The van der Waals surface area contributed by atoms with Gasteiger partial charge in [-0.05, 0) is 25.1 Å². The molecule has 1 aromatic carbocycles. The van der Waals surface area contributed by atoms with E-state index in [0.717, 1.165) is 0 Å². The van der Waals surface area contributed by atoms with Gasteiger partial charge in [0, 0.05) is 5.56 Å². The number of hydrogen-bond acceptors (Lipinski definition) is 4. The first kappa shape index (κ1) is 13.0. The van der Waals surface area contributed by atoms with Gasteiger partial charge in [0.1, 0.15) is 5.75 Å². The van der Waals surface area contributed by atoms with Crippen LogP contribution in [0.4, 0.5) is 0 Å². The largest absolute Gasteiger partial charge is 0.508 e. The number of aromatic carboxylic acids is 1. The van der Waals surface area contributed by atoms with Gasteiger partial charge in [0.2, 0.25) is 0 Å². The molecule has 0 amide bonds. The minimum absolute atomic E-state index is 0.00405. The Morgan fingerprint density at radius 3 is 2.53 bits per heavy atom. The molecule has 1 unspecified atom stereocenters. The number of hydrogen-bond donors (Lipinski definition) is 3. The molecule has 0 aliphatic rings. The highest BCUT2D eigenvalue weighted by molar-refractivity contribution is 5.88. The highest BCUT2D eigenvalue weighted by Crippen LogP contribution is 2.20. The van der Waals surface area contributed by atoms with Crippen LogP contribution in [0.1, 0.15) is 22.8 Å². The van der Waals surface area contributed by atoms with Gasteiger partial charge < -0.3 is 20.1 Å². The van der Waals surface area contributed by atoms with Crippen molar-refractivity contribution in [2.24, 2.45) is 0 Å². The SMILES string of the molecule is CC(OCc1cc(C(=O)O)ccc1O)C(=O)O. The first-order chi connectivity index (χ1) is 7.91. The van der Waals surface area contributed by atoms with Crippen molar-refractivity contribution in [2.75, 3.05) is 0 Å². The highest BCUT2D eigenvalue weighted by atomic mass is 16.5. The summed E-state index contributed by atoms with van der Waals surface area (Å²) in [6.07, 6.45) is -1.03. The number of ether oxygens (including phenoxy) is 1. The second-order valence-electron chi connectivity index (χ2n) is 3.44. The van der Waals surface area contributed by atoms with Gasteiger partial charge in [0.25, 0.3) is 0 Å². The Bertz CT molecular complexity index is 440. The molecule has 0 aromatic heterocycles. The molecule has 0 radical (unpaired) electrons. The van der Waals surface area contributed by atoms with Crippen LogP contribution < -0.4 is 0 Å². The fourth-order valence-electron chi connectivity index (χ4n) is 1.12. The lowest BCUT2D eigenvalue weighted by Crippen LogP contribution is -2.19. The van der Waals surface area contributed by atoms with Crippen molar-refractivity contribution in [1.29, 1.82) is 0 Å². The molecule has 0 fully saturated rings. The van der Waals surface area contributed by atoms with E-state index in [0.29, 0.717) is 0 Å². The molecular weight excluding hydrogens is 228 g/mol. The van der Waals surface area contributed by atoms with Gasteiger partial charge in [-0.25, -0.2) is 9.59 Å². The van der Waals surface area contributed by atoms with Gasteiger partial charge in [-0.15, -0.1) is 0 Å². The third kappa shape index (κ3) is 3.46. The summed E-state index contributed by atoms with van der Waals surface area (Å²) in [5.74, 6) is -2.39. The van der Waals surface area contributed by atoms with Crippen LogP contribution in [0.5, 0.6) is 5.75 Å². The maximum absolute atomic E-state index is 10.7. The van der Waals surface area contributed by atoms with E-state index >= 15 is 0 Å². The second-order valence-corrected chi connectivity index (χ2v) is 3.44. The van der Waals surface area contributed by atoms with E-state index in [2.05, 4.69) is 0 Å². The molecule has 0 aliphatic heterocycles. The molecule has 3 N–H and O–H groups in total. The van der Waals surface area contributed by atoms with Crippen LogP contribution >= 0.6 is 0 Å². The molecule has 0 aliphatic carbocycles.